The Hall–Kier alpha value is -4.26. The fourth-order valence-corrected chi connectivity index (χ4v) is 4.38. The maximum absolute atomic E-state index is 13.5. The number of ketones is 1. The summed E-state index contributed by atoms with van der Waals surface area (Å²) in [6.07, 6.45) is 0. The van der Waals surface area contributed by atoms with Crippen molar-refractivity contribution in [2.45, 2.75) is 19.9 Å². The minimum Gasteiger partial charge on any atom is -0.506 e. The van der Waals surface area contributed by atoms with Crippen LogP contribution in [0.4, 0.5) is 5.69 Å². The first-order chi connectivity index (χ1) is 16.9. The molecule has 0 bridgehead atoms. The van der Waals surface area contributed by atoms with E-state index in [0.717, 1.165) is 11.1 Å². The van der Waals surface area contributed by atoms with Crippen molar-refractivity contribution >= 4 is 23.1 Å². The summed E-state index contributed by atoms with van der Waals surface area (Å²) in [6.45, 7) is 4.29. The Morgan fingerprint density at radius 3 is 2.11 bits per heavy atom. The lowest BCUT2D eigenvalue weighted by Gasteiger charge is -2.27. The highest BCUT2D eigenvalue weighted by molar-refractivity contribution is 6.51. The molecular weight excluding hydrogens is 446 g/mol. The van der Waals surface area contributed by atoms with Gasteiger partial charge in [0, 0.05) is 5.69 Å². The third-order valence-electron chi connectivity index (χ3n) is 6.02. The molecule has 0 aromatic heterocycles. The van der Waals surface area contributed by atoms with Gasteiger partial charge in [-0.25, -0.2) is 0 Å². The Morgan fingerprint density at radius 2 is 1.54 bits per heavy atom. The van der Waals surface area contributed by atoms with Crippen molar-refractivity contribution in [2.75, 3.05) is 25.7 Å². The van der Waals surface area contributed by atoms with Gasteiger partial charge in [-0.3, -0.25) is 14.5 Å². The van der Waals surface area contributed by atoms with E-state index in [1.165, 1.54) is 19.1 Å². The van der Waals surface area contributed by atoms with Gasteiger partial charge in [0.15, 0.2) is 0 Å². The normalized spacial score (nSPS) is 16.9. The molecule has 1 fully saturated rings. The molecule has 1 N–H and O–H groups in total. The molecule has 3 aromatic rings. The molecule has 0 radical (unpaired) electrons. The summed E-state index contributed by atoms with van der Waals surface area (Å²) >= 11 is 0. The molecular formula is C28H27NO6. The van der Waals surface area contributed by atoms with E-state index < -0.39 is 17.7 Å². The second-order valence-corrected chi connectivity index (χ2v) is 7.99. The van der Waals surface area contributed by atoms with Crippen LogP contribution < -0.4 is 19.1 Å². The molecule has 4 rings (SSSR count). The van der Waals surface area contributed by atoms with Gasteiger partial charge < -0.3 is 19.3 Å². The second-order valence-electron chi connectivity index (χ2n) is 7.99. The van der Waals surface area contributed by atoms with Gasteiger partial charge in [0.2, 0.25) is 0 Å². The number of amides is 1. The Bertz CT molecular complexity index is 1270. The Morgan fingerprint density at radius 1 is 0.914 bits per heavy atom. The summed E-state index contributed by atoms with van der Waals surface area (Å²) in [4.78, 5) is 28.3. The first kappa shape index (κ1) is 23.9. The lowest BCUT2D eigenvalue weighted by atomic mass is 9.92. The molecule has 0 spiro atoms. The van der Waals surface area contributed by atoms with Crippen molar-refractivity contribution in [1.82, 2.24) is 0 Å². The van der Waals surface area contributed by atoms with Gasteiger partial charge in [0.1, 0.15) is 28.6 Å². The number of hydrogen-bond donors (Lipinski definition) is 1. The summed E-state index contributed by atoms with van der Waals surface area (Å²) in [5.41, 5.74) is 2.26. The van der Waals surface area contributed by atoms with Crippen molar-refractivity contribution < 1.29 is 28.9 Å². The van der Waals surface area contributed by atoms with Gasteiger partial charge in [-0.15, -0.1) is 0 Å². The first-order valence-corrected chi connectivity index (χ1v) is 11.2. The van der Waals surface area contributed by atoms with Crippen LogP contribution in [0.15, 0.2) is 72.3 Å². The van der Waals surface area contributed by atoms with E-state index >= 15 is 0 Å². The maximum atomic E-state index is 13.5. The van der Waals surface area contributed by atoms with E-state index in [4.69, 9.17) is 14.2 Å². The zero-order valence-electron chi connectivity index (χ0n) is 20.1. The number of benzene rings is 3. The average molecular weight is 474 g/mol. The molecule has 1 heterocycles. The minimum absolute atomic E-state index is 0.0408. The SMILES string of the molecule is CCOc1ccc(N2C(=O)C(=O)/C(=C(/O)c3c(OC)cccc3OC)C2c2ccccc2C)cc1. The van der Waals surface area contributed by atoms with E-state index in [9.17, 15) is 14.7 Å². The van der Waals surface area contributed by atoms with E-state index in [1.807, 2.05) is 38.1 Å². The molecule has 1 amide bonds. The number of ether oxygens (including phenoxy) is 3. The minimum atomic E-state index is -0.858. The number of nitrogens with zero attached hydrogens (tertiary/aromatic N) is 1. The predicted octanol–water partition coefficient (Wildman–Crippen LogP) is 5.04. The predicted molar refractivity (Wildman–Crippen MR) is 133 cm³/mol. The standard InChI is InChI=1S/C28H27NO6/c1-5-35-19-15-13-18(14-16-19)29-25(20-10-7-6-9-17(20)2)24(27(31)28(29)32)26(30)23-21(33-3)11-8-12-22(23)34-4/h6-16,25,30H,5H2,1-4H3/b26-24+. The fourth-order valence-electron chi connectivity index (χ4n) is 4.38. The molecule has 180 valence electrons. The number of anilines is 1. The van der Waals surface area contributed by atoms with Crippen LogP contribution in [0.25, 0.3) is 5.76 Å². The summed E-state index contributed by atoms with van der Waals surface area (Å²) in [7, 11) is 2.92. The monoisotopic (exact) mass is 473 g/mol. The quantitative estimate of drug-likeness (QED) is 0.294. The smallest absolute Gasteiger partial charge is 0.300 e. The number of carbonyl (C=O) groups excluding carboxylic acids is 2. The lowest BCUT2D eigenvalue weighted by molar-refractivity contribution is -0.132. The highest BCUT2D eigenvalue weighted by Crippen LogP contribution is 2.45. The molecule has 7 heteroatoms. The van der Waals surface area contributed by atoms with Crippen molar-refractivity contribution in [3.8, 4) is 17.2 Å². The number of aliphatic hydroxyl groups excluding tert-OH is 1. The van der Waals surface area contributed by atoms with Crippen molar-refractivity contribution in [2.24, 2.45) is 0 Å². The number of hydrogen-bond acceptors (Lipinski definition) is 6. The van der Waals surface area contributed by atoms with Gasteiger partial charge in [0.05, 0.1) is 32.4 Å². The summed E-state index contributed by atoms with van der Waals surface area (Å²) in [5, 5.41) is 11.5. The molecule has 0 saturated carbocycles. The zero-order valence-corrected chi connectivity index (χ0v) is 20.1. The molecule has 35 heavy (non-hydrogen) atoms. The van der Waals surface area contributed by atoms with Crippen LogP contribution in [-0.4, -0.2) is 37.6 Å². The van der Waals surface area contributed by atoms with Crippen LogP contribution in [0.5, 0.6) is 17.2 Å². The van der Waals surface area contributed by atoms with Crippen LogP contribution in [0, 0.1) is 6.92 Å². The molecule has 7 nitrogen and oxygen atoms in total. The Balaban J connectivity index is 1.98. The van der Waals surface area contributed by atoms with E-state index in [-0.39, 0.29) is 16.9 Å². The first-order valence-electron chi connectivity index (χ1n) is 11.2. The maximum Gasteiger partial charge on any atom is 0.300 e. The number of carbonyl (C=O) groups is 2. The van der Waals surface area contributed by atoms with E-state index in [2.05, 4.69) is 0 Å². The van der Waals surface area contributed by atoms with Gasteiger partial charge in [-0.2, -0.15) is 0 Å². The summed E-state index contributed by atoms with van der Waals surface area (Å²) in [6, 6.07) is 18.6. The Labute approximate surface area is 204 Å². The molecule has 0 aliphatic carbocycles. The number of methoxy groups -OCH3 is 2. The van der Waals surface area contributed by atoms with Crippen molar-refractivity contribution in [3.63, 3.8) is 0 Å². The van der Waals surface area contributed by atoms with E-state index in [0.29, 0.717) is 29.5 Å². The van der Waals surface area contributed by atoms with Crippen LogP contribution in [-0.2, 0) is 9.59 Å². The summed E-state index contributed by atoms with van der Waals surface area (Å²) < 4.78 is 16.4. The van der Waals surface area contributed by atoms with Crippen molar-refractivity contribution in [3.05, 3.63) is 89.0 Å². The van der Waals surface area contributed by atoms with Crippen molar-refractivity contribution in [1.29, 1.82) is 0 Å². The molecule has 1 saturated heterocycles. The van der Waals surface area contributed by atoms with E-state index in [1.54, 1.807) is 42.5 Å². The lowest BCUT2D eigenvalue weighted by Crippen LogP contribution is -2.29. The van der Waals surface area contributed by atoms with Gasteiger partial charge in [-0.1, -0.05) is 30.3 Å². The fraction of sp³-hybridized carbons (Fsp3) is 0.214. The molecule has 1 unspecified atom stereocenters. The van der Waals surface area contributed by atoms with Crippen LogP contribution >= 0.6 is 0 Å². The third kappa shape index (κ3) is 4.21. The van der Waals surface area contributed by atoms with Crippen LogP contribution in [0.2, 0.25) is 0 Å². The number of aryl methyl sites for hydroxylation is 1. The summed E-state index contributed by atoms with van der Waals surface area (Å²) in [5.74, 6) is -0.607. The Kier molecular flexibility index (Phi) is 6.78. The van der Waals surface area contributed by atoms with Gasteiger partial charge >= 0.3 is 0 Å². The van der Waals surface area contributed by atoms with Crippen LogP contribution in [0.1, 0.15) is 29.7 Å². The molecule has 1 aliphatic heterocycles. The van der Waals surface area contributed by atoms with Gasteiger partial charge in [0.25, 0.3) is 11.7 Å². The third-order valence-corrected chi connectivity index (χ3v) is 6.02. The number of Topliss-reactive ketones (excluding diaryl/α,β-unsaturated/α-hetero) is 1. The van der Waals surface area contributed by atoms with Gasteiger partial charge in [-0.05, 0) is 61.4 Å². The molecule has 1 atom stereocenters. The second kappa shape index (κ2) is 9.93. The largest absolute Gasteiger partial charge is 0.506 e. The number of rotatable bonds is 7. The highest BCUT2D eigenvalue weighted by atomic mass is 16.5. The molecule has 3 aromatic carbocycles. The zero-order chi connectivity index (χ0) is 25.1. The highest BCUT2D eigenvalue weighted by Gasteiger charge is 2.47. The molecule has 1 aliphatic rings. The average Bonchev–Trinajstić information content (AvgIpc) is 3.14. The number of aliphatic hydroxyl groups is 1. The van der Waals surface area contributed by atoms with Crippen LogP contribution in [0.3, 0.4) is 0 Å². The topological polar surface area (TPSA) is 85.3 Å².